The predicted octanol–water partition coefficient (Wildman–Crippen LogP) is -0.127. The molecule has 6 nitrogen and oxygen atoms in total. The van der Waals surface area contributed by atoms with Crippen LogP contribution in [0.2, 0.25) is 0 Å². The van der Waals surface area contributed by atoms with Gasteiger partial charge >= 0.3 is 0 Å². The zero-order valence-electron chi connectivity index (χ0n) is 11.3. The van der Waals surface area contributed by atoms with Crippen molar-refractivity contribution in [2.45, 2.75) is 13.0 Å². The van der Waals surface area contributed by atoms with Crippen LogP contribution in [0, 0.1) is 6.92 Å². The molecule has 2 heterocycles. The molecule has 1 saturated heterocycles. The number of hydrogen-bond acceptors (Lipinski definition) is 6. The zero-order chi connectivity index (χ0) is 13.1. The van der Waals surface area contributed by atoms with Crippen molar-refractivity contribution in [3.05, 3.63) is 11.9 Å². The molecule has 1 atom stereocenters. The monoisotopic (exact) mass is 251 g/mol. The van der Waals surface area contributed by atoms with Crippen molar-refractivity contribution >= 4 is 5.82 Å². The average Bonchev–Trinajstić information content (AvgIpc) is 2.39. The van der Waals surface area contributed by atoms with Crippen LogP contribution in [0.5, 0.6) is 5.88 Å². The van der Waals surface area contributed by atoms with Gasteiger partial charge in [0, 0.05) is 26.2 Å². The summed E-state index contributed by atoms with van der Waals surface area (Å²) in [6.45, 7) is 5.51. The molecule has 1 aromatic heterocycles. The number of aromatic nitrogens is 2. The molecule has 0 spiro atoms. The van der Waals surface area contributed by atoms with Crippen LogP contribution < -0.4 is 15.4 Å². The number of piperazine rings is 1. The first-order valence-electron chi connectivity index (χ1n) is 6.18. The van der Waals surface area contributed by atoms with Gasteiger partial charge in [-0.2, -0.15) is 0 Å². The van der Waals surface area contributed by atoms with Crippen LogP contribution in [0.3, 0.4) is 0 Å². The molecular weight excluding hydrogens is 230 g/mol. The van der Waals surface area contributed by atoms with E-state index in [0.717, 1.165) is 31.0 Å². The van der Waals surface area contributed by atoms with E-state index >= 15 is 0 Å². The van der Waals surface area contributed by atoms with Crippen LogP contribution in [-0.2, 0) is 0 Å². The molecule has 2 rings (SSSR count). The maximum absolute atomic E-state index is 5.87. The lowest BCUT2D eigenvalue weighted by Gasteiger charge is -2.40. The molecule has 1 aliphatic heterocycles. The third-order valence-electron chi connectivity index (χ3n) is 3.43. The van der Waals surface area contributed by atoms with Crippen molar-refractivity contribution in [1.82, 2.24) is 14.9 Å². The first-order chi connectivity index (χ1) is 8.67. The molecule has 0 amide bonds. The van der Waals surface area contributed by atoms with Crippen molar-refractivity contribution in [1.29, 1.82) is 0 Å². The molecule has 0 radical (unpaired) electrons. The molecule has 0 aromatic carbocycles. The molecule has 1 aliphatic rings. The number of anilines is 1. The molecule has 0 saturated carbocycles. The second-order valence-corrected chi connectivity index (χ2v) is 4.68. The van der Waals surface area contributed by atoms with Crippen molar-refractivity contribution in [3.63, 3.8) is 0 Å². The molecule has 1 unspecified atom stereocenters. The van der Waals surface area contributed by atoms with Gasteiger partial charge in [-0.3, -0.25) is 0 Å². The normalized spacial score (nSPS) is 21.1. The highest BCUT2D eigenvalue weighted by atomic mass is 16.5. The molecule has 0 bridgehead atoms. The number of methoxy groups -OCH3 is 1. The van der Waals surface area contributed by atoms with Gasteiger partial charge in [0.2, 0.25) is 5.88 Å². The van der Waals surface area contributed by atoms with E-state index in [9.17, 15) is 0 Å². The summed E-state index contributed by atoms with van der Waals surface area (Å²) in [5.74, 6) is 1.57. The molecule has 18 heavy (non-hydrogen) atoms. The van der Waals surface area contributed by atoms with Crippen LogP contribution in [0.1, 0.15) is 5.56 Å². The van der Waals surface area contributed by atoms with Gasteiger partial charge in [-0.1, -0.05) is 0 Å². The minimum absolute atomic E-state index is 0.294. The topological polar surface area (TPSA) is 67.5 Å². The number of nitrogens with zero attached hydrogens (tertiary/aromatic N) is 4. The Morgan fingerprint density at radius 3 is 2.89 bits per heavy atom. The minimum Gasteiger partial charge on any atom is -0.481 e. The molecule has 1 aromatic rings. The Hall–Kier alpha value is -1.40. The van der Waals surface area contributed by atoms with E-state index in [2.05, 4.69) is 26.8 Å². The maximum Gasteiger partial charge on any atom is 0.221 e. The molecule has 1 fully saturated rings. The van der Waals surface area contributed by atoms with Gasteiger partial charge in [0.25, 0.3) is 0 Å². The number of likely N-dealkylation sites (N-methyl/N-ethyl adjacent to an activating group) is 1. The highest BCUT2D eigenvalue weighted by Crippen LogP contribution is 2.26. The Morgan fingerprint density at radius 1 is 1.44 bits per heavy atom. The Morgan fingerprint density at radius 2 is 2.22 bits per heavy atom. The van der Waals surface area contributed by atoms with Gasteiger partial charge in [0.1, 0.15) is 12.1 Å². The van der Waals surface area contributed by atoms with Crippen LogP contribution >= 0.6 is 0 Å². The van der Waals surface area contributed by atoms with Crippen molar-refractivity contribution in [2.75, 3.05) is 45.2 Å². The van der Waals surface area contributed by atoms with Crippen molar-refractivity contribution in [2.24, 2.45) is 5.73 Å². The van der Waals surface area contributed by atoms with Gasteiger partial charge < -0.3 is 20.3 Å². The standard InChI is InChI=1S/C12H21N5O/c1-9-11(14-8-15-12(9)18-3)17-5-4-16(2)7-10(17)6-13/h8,10H,4-7,13H2,1-3H3. The largest absolute Gasteiger partial charge is 0.481 e. The highest BCUT2D eigenvalue weighted by molar-refractivity contribution is 5.51. The highest BCUT2D eigenvalue weighted by Gasteiger charge is 2.27. The van der Waals surface area contributed by atoms with Crippen LogP contribution in [0.15, 0.2) is 6.33 Å². The first-order valence-corrected chi connectivity index (χ1v) is 6.18. The van der Waals surface area contributed by atoms with E-state index < -0.39 is 0 Å². The summed E-state index contributed by atoms with van der Waals surface area (Å²) in [4.78, 5) is 13.1. The lowest BCUT2D eigenvalue weighted by atomic mass is 10.1. The Balaban J connectivity index is 2.29. The number of ether oxygens (including phenoxy) is 1. The quantitative estimate of drug-likeness (QED) is 0.807. The summed E-state index contributed by atoms with van der Waals surface area (Å²) >= 11 is 0. The smallest absolute Gasteiger partial charge is 0.221 e. The van der Waals surface area contributed by atoms with E-state index in [-0.39, 0.29) is 0 Å². The Bertz CT molecular complexity index is 411. The number of rotatable bonds is 3. The summed E-state index contributed by atoms with van der Waals surface area (Å²) in [6, 6.07) is 0.294. The number of hydrogen-bond donors (Lipinski definition) is 1. The van der Waals surface area contributed by atoms with Crippen LogP contribution in [0.25, 0.3) is 0 Å². The zero-order valence-corrected chi connectivity index (χ0v) is 11.3. The van der Waals surface area contributed by atoms with E-state index in [1.807, 2.05) is 6.92 Å². The SMILES string of the molecule is COc1ncnc(N2CCN(C)CC2CN)c1C. The van der Waals surface area contributed by atoms with Crippen molar-refractivity contribution < 1.29 is 4.74 Å². The average molecular weight is 251 g/mol. The van der Waals surface area contributed by atoms with E-state index in [1.54, 1.807) is 13.4 Å². The lowest BCUT2D eigenvalue weighted by molar-refractivity contribution is 0.268. The summed E-state index contributed by atoms with van der Waals surface area (Å²) in [5, 5.41) is 0. The second kappa shape index (κ2) is 5.49. The Kier molecular flexibility index (Phi) is 3.98. The Labute approximate surface area is 108 Å². The fourth-order valence-electron chi connectivity index (χ4n) is 2.41. The van der Waals surface area contributed by atoms with Gasteiger partial charge in [-0.05, 0) is 14.0 Å². The van der Waals surface area contributed by atoms with Crippen LogP contribution in [0.4, 0.5) is 5.82 Å². The maximum atomic E-state index is 5.87. The molecule has 6 heteroatoms. The minimum atomic E-state index is 0.294. The van der Waals surface area contributed by atoms with E-state index in [0.29, 0.717) is 18.5 Å². The molecule has 2 N–H and O–H groups in total. The third-order valence-corrected chi connectivity index (χ3v) is 3.43. The molecule has 100 valence electrons. The van der Waals surface area contributed by atoms with Gasteiger partial charge in [0.15, 0.2) is 0 Å². The van der Waals surface area contributed by atoms with Crippen molar-refractivity contribution in [3.8, 4) is 5.88 Å². The summed E-state index contributed by atoms with van der Waals surface area (Å²) in [6.07, 6.45) is 1.55. The summed E-state index contributed by atoms with van der Waals surface area (Å²) in [7, 11) is 3.75. The third kappa shape index (κ3) is 2.39. The fraction of sp³-hybridized carbons (Fsp3) is 0.667. The second-order valence-electron chi connectivity index (χ2n) is 4.68. The predicted molar refractivity (Wildman–Crippen MR) is 71.0 cm³/mol. The van der Waals surface area contributed by atoms with E-state index in [4.69, 9.17) is 10.5 Å². The fourth-order valence-corrected chi connectivity index (χ4v) is 2.41. The molecule has 0 aliphatic carbocycles. The van der Waals surface area contributed by atoms with Gasteiger partial charge in [-0.15, -0.1) is 0 Å². The number of nitrogens with two attached hydrogens (primary N) is 1. The lowest BCUT2D eigenvalue weighted by Crippen LogP contribution is -2.55. The first kappa shape index (κ1) is 13.0. The summed E-state index contributed by atoms with van der Waals surface area (Å²) < 4.78 is 5.25. The molecular formula is C12H21N5O. The van der Waals surface area contributed by atoms with Gasteiger partial charge in [0.05, 0.1) is 18.7 Å². The van der Waals surface area contributed by atoms with Crippen LogP contribution in [-0.4, -0.2) is 61.2 Å². The van der Waals surface area contributed by atoms with Gasteiger partial charge in [-0.25, -0.2) is 9.97 Å². The summed E-state index contributed by atoms with van der Waals surface area (Å²) in [5.41, 5.74) is 6.85. The van der Waals surface area contributed by atoms with E-state index in [1.165, 1.54) is 0 Å².